The second kappa shape index (κ2) is 7.11. The average Bonchev–Trinajstić information content (AvgIpc) is 2.59. The molecular formula is C11H19ClN2O2S. The van der Waals surface area contributed by atoms with Crippen molar-refractivity contribution in [3.63, 3.8) is 0 Å². The van der Waals surface area contributed by atoms with Gasteiger partial charge < -0.3 is 5.32 Å². The highest BCUT2D eigenvalue weighted by atomic mass is 35.5. The van der Waals surface area contributed by atoms with Crippen LogP contribution in [0.4, 0.5) is 4.79 Å². The van der Waals surface area contributed by atoms with E-state index in [1.165, 1.54) is 0 Å². The number of carbonyl (C=O) groups is 2. The monoisotopic (exact) mass is 278 g/mol. The average molecular weight is 279 g/mol. The molecule has 0 aromatic carbocycles. The Morgan fingerprint density at radius 2 is 2.18 bits per heavy atom. The first-order valence-corrected chi connectivity index (χ1v) is 7.46. The summed E-state index contributed by atoms with van der Waals surface area (Å²) in [4.78, 5) is 23.6. The Morgan fingerprint density at radius 3 is 2.71 bits per heavy atom. The third kappa shape index (κ3) is 3.52. The van der Waals surface area contributed by atoms with E-state index in [0.29, 0.717) is 0 Å². The minimum atomic E-state index is -0.366. The third-order valence-electron chi connectivity index (χ3n) is 3.03. The predicted molar refractivity (Wildman–Crippen MR) is 70.8 cm³/mol. The van der Waals surface area contributed by atoms with Gasteiger partial charge in [-0.15, -0.1) is 11.6 Å². The van der Waals surface area contributed by atoms with Gasteiger partial charge in [0.2, 0.25) is 0 Å². The van der Waals surface area contributed by atoms with Crippen molar-refractivity contribution >= 4 is 35.5 Å². The van der Waals surface area contributed by atoms with Crippen LogP contribution in [-0.4, -0.2) is 27.5 Å². The van der Waals surface area contributed by atoms with Crippen molar-refractivity contribution in [1.29, 1.82) is 0 Å². The SMILES string of the molecule is CCCCC(CC)C1NC(=O)N(SCCl)C1=O. The van der Waals surface area contributed by atoms with Gasteiger partial charge in [0.25, 0.3) is 5.91 Å². The highest BCUT2D eigenvalue weighted by Gasteiger charge is 2.41. The van der Waals surface area contributed by atoms with E-state index in [0.717, 1.165) is 41.9 Å². The topological polar surface area (TPSA) is 49.4 Å². The lowest BCUT2D eigenvalue weighted by Gasteiger charge is -2.19. The Morgan fingerprint density at radius 1 is 1.47 bits per heavy atom. The number of imide groups is 1. The smallest absolute Gasteiger partial charge is 0.325 e. The van der Waals surface area contributed by atoms with E-state index in [-0.39, 0.29) is 29.1 Å². The predicted octanol–water partition coefficient (Wildman–Crippen LogP) is 2.97. The molecule has 1 aliphatic rings. The summed E-state index contributed by atoms with van der Waals surface area (Å²) in [5, 5.41) is 2.96. The molecule has 0 aromatic rings. The fraction of sp³-hybridized carbons (Fsp3) is 0.818. The summed E-state index contributed by atoms with van der Waals surface area (Å²) in [5.74, 6) is 0.0796. The van der Waals surface area contributed by atoms with Crippen molar-refractivity contribution in [3.8, 4) is 0 Å². The first-order chi connectivity index (χ1) is 8.15. The maximum absolute atomic E-state index is 12.0. The highest BCUT2D eigenvalue weighted by molar-refractivity contribution is 7.99. The van der Waals surface area contributed by atoms with Crippen LogP contribution in [0.25, 0.3) is 0 Å². The van der Waals surface area contributed by atoms with Gasteiger partial charge in [0.05, 0.1) is 5.21 Å². The van der Waals surface area contributed by atoms with Crippen LogP contribution in [0, 0.1) is 5.92 Å². The van der Waals surface area contributed by atoms with Gasteiger partial charge in [-0.1, -0.05) is 33.1 Å². The Bertz CT molecular complexity index is 289. The van der Waals surface area contributed by atoms with Gasteiger partial charge in [-0.05, 0) is 24.3 Å². The Balaban J connectivity index is 2.65. The Labute approximate surface area is 112 Å². The van der Waals surface area contributed by atoms with Crippen molar-refractivity contribution < 1.29 is 9.59 Å². The minimum Gasteiger partial charge on any atom is -0.325 e. The molecule has 4 nitrogen and oxygen atoms in total. The molecule has 2 unspecified atom stereocenters. The molecule has 1 aliphatic heterocycles. The van der Waals surface area contributed by atoms with E-state index in [4.69, 9.17) is 11.6 Å². The van der Waals surface area contributed by atoms with Gasteiger partial charge in [-0.2, -0.15) is 0 Å². The third-order valence-corrected chi connectivity index (χ3v) is 4.03. The van der Waals surface area contributed by atoms with Gasteiger partial charge in [-0.3, -0.25) is 4.79 Å². The van der Waals surface area contributed by atoms with E-state index in [2.05, 4.69) is 19.2 Å². The minimum absolute atomic E-state index is 0.149. The molecule has 1 fully saturated rings. The summed E-state index contributed by atoms with van der Waals surface area (Å²) in [7, 11) is 0. The normalized spacial score (nSPS) is 21.8. The summed E-state index contributed by atoms with van der Waals surface area (Å²) >= 11 is 6.59. The summed E-state index contributed by atoms with van der Waals surface area (Å²) in [6.45, 7) is 4.18. The molecule has 0 spiro atoms. The van der Waals surface area contributed by atoms with Gasteiger partial charge in [-0.25, -0.2) is 9.10 Å². The van der Waals surface area contributed by atoms with Crippen molar-refractivity contribution in [2.24, 2.45) is 5.92 Å². The maximum Gasteiger partial charge on any atom is 0.335 e. The van der Waals surface area contributed by atoms with E-state index in [9.17, 15) is 9.59 Å². The molecule has 1 rings (SSSR count). The molecule has 3 amide bonds. The Hall–Kier alpha value is -0.420. The first kappa shape index (κ1) is 14.6. The molecule has 1 saturated heterocycles. The van der Waals surface area contributed by atoms with Crippen molar-refractivity contribution in [2.75, 3.05) is 5.21 Å². The molecular weight excluding hydrogens is 260 g/mol. The lowest BCUT2D eigenvalue weighted by Crippen LogP contribution is -2.36. The van der Waals surface area contributed by atoms with Crippen LogP contribution < -0.4 is 5.32 Å². The molecule has 0 aliphatic carbocycles. The fourth-order valence-electron chi connectivity index (χ4n) is 2.04. The van der Waals surface area contributed by atoms with Crippen LogP contribution in [0.1, 0.15) is 39.5 Å². The number of hydrogen-bond acceptors (Lipinski definition) is 3. The quantitative estimate of drug-likeness (QED) is 0.442. The number of urea groups is 1. The lowest BCUT2D eigenvalue weighted by molar-refractivity contribution is -0.125. The number of hydrogen-bond donors (Lipinski definition) is 1. The molecule has 0 saturated carbocycles. The van der Waals surface area contributed by atoms with Crippen LogP contribution in [0.2, 0.25) is 0 Å². The van der Waals surface area contributed by atoms with Gasteiger partial charge >= 0.3 is 6.03 Å². The lowest BCUT2D eigenvalue weighted by atomic mass is 9.91. The zero-order valence-corrected chi connectivity index (χ0v) is 11.8. The number of rotatable bonds is 7. The molecule has 98 valence electrons. The second-order valence-electron chi connectivity index (χ2n) is 4.11. The summed E-state index contributed by atoms with van der Waals surface area (Å²) in [6, 6.07) is -0.699. The van der Waals surface area contributed by atoms with E-state index >= 15 is 0 Å². The zero-order valence-electron chi connectivity index (χ0n) is 10.2. The van der Waals surface area contributed by atoms with Crippen LogP contribution in [0.3, 0.4) is 0 Å². The molecule has 6 heteroatoms. The number of unbranched alkanes of at least 4 members (excludes halogenated alkanes) is 1. The fourth-order valence-corrected chi connectivity index (χ4v) is 2.84. The molecule has 17 heavy (non-hydrogen) atoms. The number of nitrogens with one attached hydrogen (secondary N) is 1. The van der Waals surface area contributed by atoms with E-state index in [1.807, 2.05) is 0 Å². The van der Waals surface area contributed by atoms with Crippen LogP contribution >= 0.6 is 23.5 Å². The van der Waals surface area contributed by atoms with Crippen LogP contribution in [-0.2, 0) is 4.79 Å². The van der Waals surface area contributed by atoms with Gasteiger partial charge in [0.15, 0.2) is 0 Å². The second-order valence-corrected chi connectivity index (χ2v) is 5.60. The van der Waals surface area contributed by atoms with Crippen molar-refractivity contribution in [1.82, 2.24) is 9.62 Å². The van der Waals surface area contributed by atoms with Crippen LogP contribution in [0.15, 0.2) is 0 Å². The van der Waals surface area contributed by atoms with Crippen LogP contribution in [0.5, 0.6) is 0 Å². The molecule has 1 N–H and O–H groups in total. The zero-order chi connectivity index (χ0) is 12.8. The summed E-state index contributed by atoms with van der Waals surface area (Å²) < 4.78 is 1.15. The molecule has 0 radical (unpaired) electrons. The number of nitrogens with zero attached hydrogens (tertiary/aromatic N) is 1. The Kier molecular flexibility index (Phi) is 6.12. The molecule has 0 bridgehead atoms. The van der Waals surface area contributed by atoms with E-state index in [1.54, 1.807) is 0 Å². The van der Waals surface area contributed by atoms with E-state index < -0.39 is 0 Å². The molecule has 0 aromatic heterocycles. The first-order valence-electron chi connectivity index (χ1n) is 5.99. The largest absolute Gasteiger partial charge is 0.335 e. The van der Waals surface area contributed by atoms with Crippen molar-refractivity contribution in [2.45, 2.75) is 45.6 Å². The number of carbonyl (C=O) groups excluding carboxylic acids is 2. The van der Waals surface area contributed by atoms with Gasteiger partial charge in [0, 0.05) is 0 Å². The summed E-state index contributed by atoms with van der Waals surface area (Å²) in [6.07, 6.45) is 4.06. The van der Waals surface area contributed by atoms with Crippen molar-refractivity contribution in [3.05, 3.63) is 0 Å². The number of amides is 3. The molecule has 1 heterocycles. The number of halogens is 1. The van der Waals surface area contributed by atoms with Gasteiger partial charge in [0.1, 0.15) is 6.04 Å². The summed E-state index contributed by atoms with van der Waals surface area (Å²) in [5.41, 5.74) is 0. The highest BCUT2D eigenvalue weighted by Crippen LogP contribution is 2.26. The standard InChI is InChI=1S/C11H19ClN2O2S/c1-3-5-6-8(4-2)9-10(15)14(17-7-12)11(16)13-9/h8-9H,3-7H2,1-2H3,(H,13,16). The number of alkyl halides is 1. The maximum atomic E-state index is 12.0. The molecule has 2 atom stereocenters.